The Morgan fingerprint density at radius 2 is 1.38 bits per heavy atom. The SMILES string of the molecule is CC/C=C\C/C=C\C/C=C\CCCCCCCCOC(OCC)C(=O)O. The van der Waals surface area contributed by atoms with Crippen LogP contribution in [0.2, 0.25) is 0 Å². The maximum atomic E-state index is 10.8. The summed E-state index contributed by atoms with van der Waals surface area (Å²) in [5.74, 6) is -1.05. The van der Waals surface area contributed by atoms with Crippen molar-refractivity contribution < 1.29 is 19.4 Å². The standard InChI is InChI=1S/C22H38O4/c1-3-5-6-7-8-9-10-11-12-13-14-15-16-17-18-19-20-26-22(21(23)24)25-4-2/h5-6,8-9,11-12,22H,3-4,7,10,13-20H2,1-2H3,(H,23,24)/b6-5-,9-8-,12-11-. The molecule has 4 nitrogen and oxygen atoms in total. The van der Waals surface area contributed by atoms with E-state index in [0.717, 1.165) is 38.5 Å². The van der Waals surface area contributed by atoms with Crippen LogP contribution in [0.4, 0.5) is 0 Å². The lowest BCUT2D eigenvalue weighted by atomic mass is 10.1. The van der Waals surface area contributed by atoms with Crippen molar-refractivity contribution in [1.82, 2.24) is 0 Å². The summed E-state index contributed by atoms with van der Waals surface area (Å²) in [7, 11) is 0. The number of carboxylic acid groups (broad SMARTS) is 1. The molecule has 0 aromatic carbocycles. The molecular weight excluding hydrogens is 328 g/mol. The molecule has 1 unspecified atom stereocenters. The largest absolute Gasteiger partial charge is 0.477 e. The van der Waals surface area contributed by atoms with E-state index in [4.69, 9.17) is 14.6 Å². The highest BCUT2D eigenvalue weighted by Crippen LogP contribution is 2.08. The van der Waals surface area contributed by atoms with Gasteiger partial charge in [0.25, 0.3) is 6.29 Å². The van der Waals surface area contributed by atoms with E-state index >= 15 is 0 Å². The molecule has 0 fully saturated rings. The molecule has 0 rings (SSSR count). The van der Waals surface area contributed by atoms with Crippen molar-refractivity contribution in [3.8, 4) is 0 Å². The topological polar surface area (TPSA) is 55.8 Å². The van der Waals surface area contributed by atoms with Gasteiger partial charge in [-0.3, -0.25) is 0 Å². The van der Waals surface area contributed by atoms with Gasteiger partial charge in [-0.2, -0.15) is 0 Å². The molecule has 0 bridgehead atoms. The van der Waals surface area contributed by atoms with Gasteiger partial charge in [-0.25, -0.2) is 4.79 Å². The highest BCUT2D eigenvalue weighted by Gasteiger charge is 2.17. The zero-order chi connectivity index (χ0) is 19.3. The lowest BCUT2D eigenvalue weighted by Crippen LogP contribution is -2.27. The molecule has 150 valence electrons. The van der Waals surface area contributed by atoms with Crippen molar-refractivity contribution in [2.75, 3.05) is 13.2 Å². The van der Waals surface area contributed by atoms with Crippen molar-refractivity contribution in [2.45, 2.75) is 84.3 Å². The quantitative estimate of drug-likeness (QED) is 0.182. The van der Waals surface area contributed by atoms with Crippen molar-refractivity contribution in [3.63, 3.8) is 0 Å². The van der Waals surface area contributed by atoms with Gasteiger partial charge >= 0.3 is 5.97 Å². The first-order valence-electron chi connectivity index (χ1n) is 10.1. The van der Waals surface area contributed by atoms with E-state index in [1.807, 2.05) is 0 Å². The monoisotopic (exact) mass is 366 g/mol. The fraction of sp³-hybridized carbons (Fsp3) is 0.682. The Balaban J connectivity index is 3.37. The second-order valence-corrected chi connectivity index (χ2v) is 6.20. The Morgan fingerprint density at radius 3 is 2.00 bits per heavy atom. The van der Waals surface area contributed by atoms with Crippen molar-refractivity contribution in [2.24, 2.45) is 0 Å². The van der Waals surface area contributed by atoms with E-state index < -0.39 is 12.3 Å². The predicted octanol–water partition coefficient (Wildman–Crippen LogP) is 6.04. The van der Waals surface area contributed by atoms with Crippen LogP contribution in [0.1, 0.15) is 78.1 Å². The van der Waals surface area contributed by atoms with Crippen LogP contribution >= 0.6 is 0 Å². The Kier molecular flexibility index (Phi) is 18.9. The van der Waals surface area contributed by atoms with E-state index in [0.29, 0.717) is 13.2 Å². The molecule has 0 amide bonds. The molecule has 0 aromatic rings. The van der Waals surface area contributed by atoms with E-state index in [-0.39, 0.29) is 0 Å². The number of carbonyl (C=O) groups is 1. The molecule has 1 N–H and O–H groups in total. The molecule has 0 spiro atoms. The molecule has 0 aliphatic rings. The van der Waals surface area contributed by atoms with E-state index in [2.05, 4.69) is 43.4 Å². The van der Waals surface area contributed by atoms with Crippen molar-refractivity contribution >= 4 is 5.97 Å². The third kappa shape index (κ3) is 17.4. The van der Waals surface area contributed by atoms with Crippen LogP contribution in [0.3, 0.4) is 0 Å². The molecule has 1 atom stereocenters. The number of unbranched alkanes of at least 4 members (excludes halogenated alkanes) is 6. The van der Waals surface area contributed by atoms with Crippen molar-refractivity contribution in [3.05, 3.63) is 36.5 Å². The minimum Gasteiger partial charge on any atom is -0.477 e. The van der Waals surface area contributed by atoms with Gasteiger partial charge in [-0.1, -0.05) is 69.1 Å². The van der Waals surface area contributed by atoms with Crippen molar-refractivity contribution in [1.29, 1.82) is 0 Å². The number of allylic oxidation sites excluding steroid dienone is 6. The number of hydrogen-bond acceptors (Lipinski definition) is 3. The van der Waals surface area contributed by atoms with Gasteiger partial charge in [0.15, 0.2) is 0 Å². The van der Waals surface area contributed by atoms with Gasteiger partial charge in [0.05, 0.1) is 6.61 Å². The number of carboxylic acids is 1. The Morgan fingerprint density at radius 1 is 0.808 bits per heavy atom. The first-order valence-corrected chi connectivity index (χ1v) is 10.1. The molecule has 4 heteroatoms. The first kappa shape index (κ1) is 24.6. The molecule has 0 saturated heterocycles. The summed E-state index contributed by atoms with van der Waals surface area (Å²) in [6.45, 7) is 4.70. The third-order valence-corrected chi connectivity index (χ3v) is 3.83. The average Bonchev–Trinajstić information content (AvgIpc) is 2.63. The molecule has 26 heavy (non-hydrogen) atoms. The summed E-state index contributed by atoms with van der Waals surface area (Å²) in [6, 6.07) is 0. The van der Waals surface area contributed by atoms with Crippen LogP contribution in [0, 0.1) is 0 Å². The maximum absolute atomic E-state index is 10.8. The summed E-state index contributed by atoms with van der Waals surface area (Å²) < 4.78 is 10.2. The van der Waals surface area contributed by atoms with E-state index in [1.165, 1.54) is 25.7 Å². The van der Waals surface area contributed by atoms with Crippen LogP contribution in [-0.4, -0.2) is 30.6 Å². The summed E-state index contributed by atoms with van der Waals surface area (Å²) in [5.41, 5.74) is 0. The highest BCUT2D eigenvalue weighted by molar-refractivity contribution is 5.70. The second-order valence-electron chi connectivity index (χ2n) is 6.20. The number of rotatable bonds is 18. The van der Waals surface area contributed by atoms with Crippen LogP contribution < -0.4 is 0 Å². The summed E-state index contributed by atoms with van der Waals surface area (Å²) in [6.07, 6.45) is 23.4. The summed E-state index contributed by atoms with van der Waals surface area (Å²) in [5, 5.41) is 8.88. The minimum atomic E-state index is -1.12. The van der Waals surface area contributed by atoms with Gasteiger partial charge in [-0.15, -0.1) is 0 Å². The average molecular weight is 367 g/mol. The highest BCUT2D eigenvalue weighted by atomic mass is 16.7. The Bertz CT molecular complexity index is 399. The third-order valence-electron chi connectivity index (χ3n) is 3.83. The van der Waals surface area contributed by atoms with Crippen LogP contribution in [0.25, 0.3) is 0 Å². The lowest BCUT2D eigenvalue weighted by molar-refractivity contribution is -0.188. The normalized spacial score (nSPS) is 13.3. The zero-order valence-corrected chi connectivity index (χ0v) is 16.7. The summed E-state index contributed by atoms with van der Waals surface area (Å²) in [4.78, 5) is 10.8. The van der Waals surface area contributed by atoms with Crippen LogP contribution in [0.15, 0.2) is 36.5 Å². The van der Waals surface area contributed by atoms with Gasteiger partial charge in [0.2, 0.25) is 0 Å². The van der Waals surface area contributed by atoms with Gasteiger partial charge in [-0.05, 0) is 45.4 Å². The first-order chi connectivity index (χ1) is 12.7. The van der Waals surface area contributed by atoms with Crippen LogP contribution in [0.5, 0.6) is 0 Å². The molecule has 0 saturated carbocycles. The minimum absolute atomic E-state index is 0.345. The smallest absolute Gasteiger partial charge is 0.361 e. The maximum Gasteiger partial charge on any atom is 0.361 e. The molecular formula is C22H38O4. The number of aliphatic carboxylic acids is 1. The predicted molar refractivity (Wildman–Crippen MR) is 108 cm³/mol. The Labute approximate surface area is 160 Å². The lowest BCUT2D eigenvalue weighted by Gasteiger charge is -2.12. The van der Waals surface area contributed by atoms with E-state index in [1.54, 1.807) is 6.92 Å². The number of hydrogen-bond donors (Lipinski definition) is 1. The molecule has 0 radical (unpaired) electrons. The van der Waals surface area contributed by atoms with Gasteiger partial charge < -0.3 is 14.6 Å². The molecule has 0 heterocycles. The molecule has 0 aliphatic heterocycles. The second kappa shape index (κ2) is 19.9. The van der Waals surface area contributed by atoms with E-state index in [9.17, 15) is 4.79 Å². The fourth-order valence-corrected chi connectivity index (χ4v) is 2.43. The summed E-state index contributed by atoms with van der Waals surface area (Å²) >= 11 is 0. The molecule has 0 aliphatic carbocycles. The van der Waals surface area contributed by atoms with Gasteiger partial charge in [0, 0.05) is 6.61 Å². The van der Waals surface area contributed by atoms with Crippen LogP contribution in [-0.2, 0) is 14.3 Å². The van der Waals surface area contributed by atoms with Gasteiger partial charge in [0.1, 0.15) is 0 Å². The fourth-order valence-electron chi connectivity index (χ4n) is 2.43. The zero-order valence-electron chi connectivity index (χ0n) is 16.7. The Hall–Kier alpha value is -1.39. The molecule has 0 aromatic heterocycles. The number of ether oxygens (including phenoxy) is 2.